The molecule has 0 heterocycles. The Morgan fingerprint density at radius 3 is 2.00 bits per heavy atom. The smallest absolute Gasteiger partial charge is 0.340 e. The molecule has 0 bridgehead atoms. The van der Waals surface area contributed by atoms with E-state index in [1.807, 2.05) is 0 Å². The molecule has 2 nitrogen and oxygen atoms in total. The first-order chi connectivity index (χ1) is 7.45. The molecule has 0 atom stereocenters. The van der Waals surface area contributed by atoms with Crippen LogP contribution < -0.4 is 0 Å². The highest BCUT2D eigenvalue weighted by Crippen LogP contribution is 2.46. The minimum absolute atomic E-state index is 0.207. The van der Waals surface area contributed by atoms with Crippen molar-refractivity contribution in [2.75, 3.05) is 14.2 Å². The Labute approximate surface area is 102 Å². The highest BCUT2D eigenvalue weighted by Gasteiger charge is 2.47. The zero-order chi connectivity index (χ0) is 12.2. The van der Waals surface area contributed by atoms with Gasteiger partial charge in [-0.2, -0.15) is 0 Å². The Kier molecular flexibility index (Phi) is 5.01. The summed E-state index contributed by atoms with van der Waals surface area (Å²) in [6.45, 7) is 6.83. The Hall–Kier alpha value is 0.137. The van der Waals surface area contributed by atoms with Crippen LogP contribution in [0.25, 0.3) is 0 Å². The van der Waals surface area contributed by atoms with E-state index in [0.717, 1.165) is 5.92 Å². The van der Waals surface area contributed by atoms with Gasteiger partial charge in [-0.15, -0.1) is 0 Å². The molecule has 96 valence electrons. The monoisotopic (exact) mass is 244 g/mol. The number of hydrogen-bond donors (Lipinski definition) is 0. The first kappa shape index (κ1) is 14.2. The second kappa shape index (κ2) is 5.65. The van der Waals surface area contributed by atoms with Gasteiger partial charge in [-0.05, 0) is 18.9 Å². The van der Waals surface area contributed by atoms with E-state index in [4.69, 9.17) is 8.85 Å². The van der Waals surface area contributed by atoms with Gasteiger partial charge in [0.15, 0.2) is 0 Å². The zero-order valence-electron chi connectivity index (χ0n) is 11.6. The fourth-order valence-corrected chi connectivity index (χ4v) is 4.87. The summed E-state index contributed by atoms with van der Waals surface area (Å²) in [5, 5.41) is 0.207. The standard InChI is InChI=1S/C13H28O2Si/c1-13(2,16(5,14-3)15-4)11-12-9-7-6-8-10-12/h12H,6-11H2,1-5H3. The molecular formula is C13H28O2Si. The summed E-state index contributed by atoms with van der Waals surface area (Å²) in [7, 11) is 1.60. The second-order valence-electron chi connectivity index (χ2n) is 5.95. The lowest BCUT2D eigenvalue weighted by Crippen LogP contribution is -2.47. The third-order valence-electron chi connectivity index (χ3n) is 4.53. The Balaban J connectivity index is 2.61. The third kappa shape index (κ3) is 3.08. The van der Waals surface area contributed by atoms with E-state index in [1.54, 1.807) is 14.2 Å². The van der Waals surface area contributed by atoms with Crippen LogP contribution in [0.2, 0.25) is 11.6 Å². The van der Waals surface area contributed by atoms with E-state index >= 15 is 0 Å². The van der Waals surface area contributed by atoms with E-state index in [-0.39, 0.29) is 5.04 Å². The van der Waals surface area contributed by atoms with Gasteiger partial charge in [-0.3, -0.25) is 0 Å². The average molecular weight is 244 g/mol. The van der Waals surface area contributed by atoms with E-state index in [0.29, 0.717) is 0 Å². The van der Waals surface area contributed by atoms with Gasteiger partial charge in [0.2, 0.25) is 0 Å². The van der Waals surface area contributed by atoms with Gasteiger partial charge >= 0.3 is 8.56 Å². The second-order valence-corrected chi connectivity index (χ2v) is 10.0. The summed E-state index contributed by atoms with van der Waals surface area (Å²) in [5.74, 6) is 0.890. The van der Waals surface area contributed by atoms with Crippen molar-refractivity contribution in [1.29, 1.82) is 0 Å². The summed E-state index contributed by atoms with van der Waals surface area (Å²) in [6, 6.07) is 0. The fourth-order valence-electron chi connectivity index (χ4n) is 2.93. The van der Waals surface area contributed by atoms with Crippen molar-refractivity contribution in [3.8, 4) is 0 Å². The van der Waals surface area contributed by atoms with Crippen LogP contribution >= 0.6 is 0 Å². The van der Waals surface area contributed by atoms with Crippen molar-refractivity contribution < 1.29 is 8.85 Å². The molecule has 1 fully saturated rings. The van der Waals surface area contributed by atoms with Crippen LogP contribution in [0.5, 0.6) is 0 Å². The van der Waals surface area contributed by atoms with Crippen LogP contribution in [0.1, 0.15) is 52.4 Å². The van der Waals surface area contributed by atoms with Crippen LogP contribution in [-0.2, 0) is 8.85 Å². The van der Waals surface area contributed by atoms with Crippen LogP contribution in [0.3, 0.4) is 0 Å². The van der Waals surface area contributed by atoms with Crippen molar-refractivity contribution in [2.45, 2.75) is 64.0 Å². The largest absolute Gasteiger partial charge is 0.397 e. The molecule has 0 unspecified atom stereocenters. The molecule has 0 radical (unpaired) electrons. The van der Waals surface area contributed by atoms with Gasteiger partial charge in [0, 0.05) is 19.3 Å². The molecule has 0 aliphatic heterocycles. The van der Waals surface area contributed by atoms with Gasteiger partial charge in [0.1, 0.15) is 0 Å². The van der Waals surface area contributed by atoms with Crippen LogP contribution in [0, 0.1) is 5.92 Å². The van der Waals surface area contributed by atoms with Crippen molar-refractivity contribution in [1.82, 2.24) is 0 Å². The minimum atomic E-state index is -2.01. The SMILES string of the molecule is CO[Si](C)(OC)C(C)(C)CC1CCCCC1. The maximum absolute atomic E-state index is 5.71. The molecule has 1 aliphatic carbocycles. The molecule has 0 aromatic heterocycles. The highest BCUT2D eigenvalue weighted by atomic mass is 28.4. The van der Waals surface area contributed by atoms with Gasteiger partial charge in [-0.1, -0.05) is 46.0 Å². The molecule has 0 spiro atoms. The number of hydrogen-bond acceptors (Lipinski definition) is 2. The summed E-state index contributed by atoms with van der Waals surface area (Å²) in [6.07, 6.45) is 8.33. The summed E-state index contributed by atoms with van der Waals surface area (Å²) in [4.78, 5) is 0. The molecule has 1 rings (SSSR count). The van der Waals surface area contributed by atoms with Gasteiger partial charge in [0.25, 0.3) is 0 Å². The molecule has 16 heavy (non-hydrogen) atoms. The summed E-state index contributed by atoms with van der Waals surface area (Å²) >= 11 is 0. The van der Waals surface area contributed by atoms with E-state index in [2.05, 4.69) is 20.4 Å². The Morgan fingerprint density at radius 1 is 1.06 bits per heavy atom. The van der Waals surface area contributed by atoms with Crippen LogP contribution in [0.4, 0.5) is 0 Å². The van der Waals surface area contributed by atoms with Gasteiger partial charge in [-0.25, -0.2) is 0 Å². The normalized spacial score (nSPS) is 20.1. The fraction of sp³-hybridized carbons (Fsp3) is 1.00. The van der Waals surface area contributed by atoms with Crippen molar-refractivity contribution in [2.24, 2.45) is 5.92 Å². The third-order valence-corrected chi connectivity index (χ3v) is 8.75. The molecule has 1 aliphatic rings. The molecule has 0 aromatic rings. The predicted molar refractivity (Wildman–Crippen MR) is 70.9 cm³/mol. The van der Waals surface area contributed by atoms with Crippen molar-refractivity contribution in [3.05, 3.63) is 0 Å². The lowest BCUT2D eigenvalue weighted by molar-refractivity contribution is 0.196. The maximum atomic E-state index is 5.71. The number of rotatable bonds is 5. The Morgan fingerprint density at radius 2 is 1.56 bits per heavy atom. The van der Waals surface area contributed by atoms with E-state index in [1.165, 1.54) is 38.5 Å². The Bertz CT molecular complexity index is 206. The molecule has 3 heteroatoms. The molecule has 0 saturated heterocycles. The molecule has 0 N–H and O–H groups in total. The van der Waals surface area contributed by atoms with E-state index in [9.17, 15) is 0 Å². The maximum Gasteiger partial charge on any atom is 0.340 e. The molecule has 0 aromatic carbocycles. The summed E-state index contributed by atoms with van der Waals surface area (Å²) in [5.41, 5.74) is 0. The molecular weight excluding hydrogens is 216 g/mol. The average Bonchev–Trinajstić information content (AvgIpc) is 2.28. The van der Waals surface area contributed by atoms with Gasteiger partial charge < -0.3 is 8.85 Å². The lowest BCUT2D eigenvalue weighted by Gasteiger charge is -2.41. The lowest BCUT2D eigenvalue weighted by atomic mass is 9.83. The van der Waals surface area contributed by atoms with E-state index < -0.39 is 8.56 Å². The summed E-state index contributed by atoms with van der Waals surface area (Å²) < 4.78 is 11.4. The first-order valence-corrected chi connectivity index (χ1v) is 8.87. The topological polar surface area (TPSA) is 18.5 Å². The highest BCUT2D eigenvalue weighted by molar-refractivity contribution is 6.69. The minimum Gasteiger partial charge on any atom is -0.397 e. The van der Waals surface area contributed by atoms with Crippen LogP contribution in [-0.4, -0.2) is 22.8 Å². The quantitative estimate of drug-likeness (QED) is 0.678. The van der Waals surface area contributed by atoms with Crippen LogP contribution in [0.15, 0.2) is 0 Å². The van der Waals surface area contributed by atoms with Crippen molar-refractivity contribution >= 4 is 8.56 Å². The van der Waals surface area contributed by atoms with Gasteiger partial charge in [0.05, 0.1) is 0 Å². The molecule has 1 saturated carbocycles. The first-order valence-electron chi connectivity index (χ1n) is 6.55. The molecule has 0 amide bonds. The zero-order valence-corrected chi connectivity index (χ0v) is 12.6. The predicted octanol–water partition coefficient (Wildman–Crippen LogP) is 4.10. The van der Waals surface area contributed by atoms with Crippen molar-refractivity contribution in [3.63, 3.8) is 0 Å².